The summed E-state index contributed by atoms with van der Waals surface area (Å²) >= 11 is 12.0. The van der Waals surface area contributed by atoms with Gasteiger partial charge in [0.05, 0.1) is 33.3 Å². The molecule has 0 saturated carbocycles. The van der Waals surface area contributed by atoms with E-state index in [1.807, 2.05) is 6.07 Å². The van der Waals surface area contributed by atoms with Crippen molar-refractivity contribution in [1.82, 2.24) is 0 Å². The van der Waals surface area contributed by atoms with Gasteiger partial charge in [0.15, 0.2) is 0 Å². The third kappa shape index (κ3) is 3.76. The van der Waals surface area contributed by atoms with Gasteiger partial charge >= 0.3 is 0 Å². The van der Waals surface area contributed by atoms with Gasteiger partial charge in [0, 0.05) is 24.6 Å². The number of nitrogens with zero attached hydrogens (tertiary/aromatic N) is 2. The van der Waals surface area contributed by atoms with E-state index in [2.05, 4.69) is 5.32 Å². The zero-order chi connectivity index (χ0) is 22.3. The van der Waals surface area contributed by atoms with Crippen molar-refractivity contribution in [2.45, 2.75) is 13.8 Å². The van der Waals surface area contributed by atoms with Gasteiger partial charge in [0.1, 0.15) is 0 Å². The molecule has 31 heavy (non-hydrogen) atoms. The number of para-hydroxylation sites is 2. The van der Waals surface area contributed by atoms with Crippen LogP contribution >= 0.6 is 23.2 Å². The number of rotatable bonds is 2. The number of benzene rings is 3. The predicted molar refractivity (Wildman–Crippen MR) is 123 cm³/mol. The quantitative estimate of drug-likeness (QED) is 0.522. The Labute approximate surface area is 189 Å². The molecule has 156 valence electrons. The minimum absolute atomic E-state index is 0.193. The second kappa shape index (κ2) is 8.06. The van der Waals surface area contributed by atoms with Crippen molar-refractivity contribution >= 4 is 69.4 Å². The molecule has 0 aromatic heterocycles. The number of amides is 3. The first-order valence-corrected chi connectivity index (χ1v) is 10.1. The smallest absolute Gasteiger partial charge is 0.257 e. The Morgan fingerprint density at radius 1 is 0.742 bits per heavy atom. The van der Waals surface area contributed by atoms with E-state index in [1.54, 1.807) is 47.4 Å². The summed E-state index contributed by atoms with van der Waals surface area (Å²) in [6.45, 7) is 2.91. The number of hydrogen-bond donors (Lipinski definition) is 1. The third-order valence-corrected chi connectivity index (χ3v) is 5.43. The first-order chi connectivity index (χ1) is 14.8. The summed E-state index contributed by atoms with van der Waals surface area (Å²) in [7, 11) is 0. The van der Waals surface area contributed by atoms with Gasteiger partial charge in [-0.25, -0.2) is 0 Å². The van der Waals surface area contributed by atoms with Crippen LogP contribution in [0, 0.1) is 0 Å². The summed E-state index contributed by atoms with van der Waals surface area (Å²) < 4.78 is 0. The molecule has 3 amide bonds. The van der Waals surface area contributed by atoms with Crippen molar-refractivity contribution in [2.75, 3.05) is 15.1 Å². The van der Waals surface area contributed by atoms with Crippen LogP contribution in [0.4, 0.5) is 28.4 Å². The molecule has 0 atom stereocenters. The molecule has 6 nitrogen and oxygen atoms in total. The molecule has 0 fully saturated rings. The van der Waals surface area contributed by atoms with Gasteiger partial charge in [-0.05, 0) is 48.5 Å². The normalized spacial score (nSPS) is 12.1. The largest absolute Gasteiger partial charge is 0.322 e. The molecule has 8 heteroatoms. The van der Waals surface area contributed by atoms with Crippen molar-refractivity contribution in [3.63, 3.8) is 0 Å². The standard InChI is InChI=1S/C23H17Cl2N3O3/c1-13(29)27-19-5-3-4-6-20(19)28(14(2)30)22-12-16(8-10-21(22)27)26-23(31)17-9-7-15(24)11-18(17)25/h3-12H,1-2H3,(H,26,31). The van der Waals surface area contributed by atoms with Crippen LogP contribution in [0.2, 0.25) is 10.0 Å². The van der Waals surface area contributed by atoms with Gasteiger partial charge in [-0.3, -0.25) is 24.2 Å². The molecule has 1 aliphatic heterocycles. The van der Waals surface area contributed by atoms with Crippen molar-refractivity contribution < 1.29 is 14.4 Å². The van der Waals surface area contributed by atoms with Crippen LogP contribution in [0.25, 0.3) is 0 Å². The summed E-state index contributed by atoms with van der Waals surface area (Å²) in [5.41, 5.74) is 2.95. The monoisotopic (exact) mass is 453 g/mol. The highest BCUT2D eigenvalue weighted by Crippen LogP contribution is 2.48. The van der Waals surface area contributed by atoms with Crippen molar-refractivity contribution in [1.29, 1.82) is 0 Å². The highest BCUT2D eigenvalue weighted by molar-refractivity contribution is 6.37. The van der Waals surface area contributed by atoms with Crippen molar-refractivity contribution in [3.05, 3.63) is 76.3 Å². The van der Waals surface area contributed by atoms with Gasteiger partial charge < -0.3 is 5.32 Å². The molecule has 3 aromatic rings. The minimum atomic E-state index is -0.421. The number of fused-ring (bicyclic) bond motifs is 2. The number of carbonyl (C=O) groups excluding carboxylic acids is 3. The zero-order valence-electron chi connectivity index (χ0n) is 16.6. The molecule has 1 N–H and O–H groups in total. The third-order valence-electron chi connectivity index (χ3n) is 4.88. The summed E-state index contributed by atoms with van der Waals surface area (Å²) in [4.78, 5) is 40.8. The topological polar surface area (TPSA) is 69.7 Å². The van der Waals surface area contributed by atoms with Crippen LogP contribution < -0.4 is 15.1 Å². The average Bonchev–Trinajstić information content (AvgIpc) is 2.71. The first kappa shape index (κ1) is 20.9. The molecule has 0 radical (unpaired) electrons. The lowest BCUT2D eigenvalue weighted by Gasteiger charge is -2.37. The Morgan fingerprint density at radius 2 is 1.32 bits per heavy atom. The summed E-state index contributed by atoms with van der Waals surface area (Å²) in [6, 6.07) is 16.8. The van der Waals surface area contributed by atoms with Crippen molar-refractivity contribution in [2.24, 2.45) is 0 Å². The Bertz CT molecular complexity index is 1240. The van der Waals surface area contributed by atoms with E-state index < -0.39 is 5.91 Å². The average molecular weight is 454 g/mol. The number of nitrogens with one attached hydrogen (secondary N) is 1. The Morgan fingerprint density at radius 3 is 1.90 bits per heavy atom. The van der Waals surface area contributed by atoms with E-state index in [0.717, 1.165) is 0 Å². The fourth-order valence-electron chi connectivity index (χ4n) is 3.62. The number of hydrogen-bond acceptors (Lipinski definition) is 3. The van der Waals surface area contributed by atoms with Crippen LogP contribution in [0.5, 0.6) is 0 Å². The molecule has 0 unspecified atom stereocenters. The predicted octanol–water partition coefficient (Wildman–Crippen LogP) is 5.93. The summed E-state index contributed by atoms with van der Waals surface area (Å²) in [5.74, 6) is -0.835. The van der Waals surface area contributed by atoms with E-state index in [9.17, 15) is 14.4 Å². The Balaban J connectivity index is 1.78. The van der Waals surface area contributed by atoms with Gasteiger partial charge in [0.2, 0.25) is 11.8 Å². The molecule has 0 bridgehead atoms. The highest BCUT2D eigenvalue weighted by Gasteiger charge is 2.32. The van der Waals surface area contributed by atoms with Gasteiger partial charge in [-0.15, -0.1) is 0 Å². The number of anilines is 5. The Kier molecular flexibility index (Phi) is 5.43. The molecule has 0 spiro atoms. The van der Waals surface area contributed by atoms with E-state index in [1.165, 1.54) is 30.9 Å². The van der Waals surface area contributed by atoms with E-state index in [-0.39, 0.29) is 22.4 Å². The zero-order valence-corrected chi connectivity index (χ0v) is 18.2. The van der Waals surface area contributed by atoms with Crippen LogP contribution in [0.1, 0.15) is 24.2 Å². The highest BCUT2D eigenvalue weighted by atomic mass is 35.5. The molecule has 1 aliphatic rings. The second-order valence-corrected chi connectivity index (χ2v) is 7.82. The van der Waals surface area contributed by atoms with Gasteiger partial charge in [0.25, 0.3) is 5.91 Å². The second-order valence-electron chi connectivity index (χ2n) is 6.98. The van der Waals surface area contributed by atoms with E-state index in [4.69, 9.17) is 23.2 Å². The minimum Gasteiger partial charge on any atom is -0.322 e. The van der Waals surface area contributed by atoms with Gasteiger partial charge in [-0.2, -0.15) is 0 Å². The maximum Gasteiger partial charge on any atom is 0.257 e. The lowest BCUT2D eigenvalue weighted by Crippen LogP contribution is -2.34. The van der Waals surface area contributed by atoms with Crippen LogP contribution in [0.3, 0.4) is 0 Å². The molecule has 4 rings (SSSR count). The number of carbonyl (C=O) groups is 3. The van der Waals surface area contributed by atoms with E-state index >= 15 is 0 Å². The summed E-state index contributed by atoms with van der Waals surface area (Å²) in [6.07, 6.45) is 0. The molecule has 0 aliphatic carbocycles. The van der Waals surface area contributed by atoms with Crippen LogP contribution in [0.15, 0.2) is 60.7 Å². The molecule has 0 saturated heterocycles. The molecular weight excluding hydrogens is 437 g/mol. The maximum atomic E-state index is 12.7. The van der Waals surface area contributed by atoms with Crippen LogP contribution in [-0.2, 0) is 9.59 Å². The summed E-state index contributed by atoms with van der Waals surface area (Å²) in [5, 5.41) is 3.44. The van der Waals surface area contributed by atoms with Gasteiger partial charge in [-0.1, -0.05) is 35.3 Å². The fraction of sp³-hybridized carbons (Fsp3) is 0.0870. The molecular formula is C23H17Cl2N3O3. The fourth-order valence-corrected chi connectivity index (χ4v) is 4.12. The Hall–Kier alpha value is -3.35. The lowest BCUT2D eigenvalue weighted by atomic mass is 10.1. The maximum absolute atomic E-state index is 12.7. The van der Waals surface area contributed by atoms with E-state index in [0.29, 0.717) is 33.5 Å². The van der Waals surface area contributed by atoms with Crippen molar-refractivity contribution in [3.8, 4) is 0 Å². The SMILES string of the molecule is CC(=O)N1c2ccccc2N(C(C)=O)c2cc(NC(=O)c3ccc(Cl)cc3Cl)ccc21. The van der Waals surface area contributed by atoms with Crippen LogP contribution in [-0.4, -0.2) is 17.7 Å². The molecule has 1 heterocycles. The molecule has 3 aromatic carbocycles. The number of halogens is 2. The lowest BCUT2D eigenvalue weighted by molar-refractivity contribution is -0.117. The first-order valence-electron chi connectivity index (χ1n) is 9.39.